The van der Waals surface area contributed by atoms with Crippen LogP contribution in [0.4, 0.5) is 0 Å². The molecule has 1 unspecified atom stereocenters. The fourth-order valence-corrected chi connectivity index (χ4v) is 5.04. The number of imidazole rings is 1. The lowest BCUT2D eigenvalue weighted by Gasteiger charge is -2.30. The van der Waals surface area contributed by atoms with Crippen LogP contribution >= 0.6 is 11.8 Å². The number of amides is 1. The average Bonchev–Trinajstić information content (AvgIpc) is 3.05. The number of aryl methyl sites for hydroxylation is 1. The number of aromatic nitrogens is 2. The highest BCUT2D eigenvalue weighted by atomic mass is 32.2. The monoisotopic (exact) mass is 369 g/mol. The van der Waals surface area contributed by atoms with Crippen molar-refractivity contribution in [3.63, 3.8) is 0 Å². The molecule has 0 radical (unpaired) electrons. The van der Waals surface area contributed by atoms with Crippen molar-refractivity contribution < 1.29 is 4.79 Å². The van der Waals surface area contributed by atoms with Crippen LogP contribution < -0.4 is 0 Å². The molecule has 26 heavy (non-hydrogen) atoms. The van der Waals surface area contributed by atoms with E-state index in [1.54, 1.807) is 11.8 Å². The fourth-order valence-electron chi connectivity index (χ4n) is 4.09. The van der Waals surface area contributed by atoms with Crippen LogP contribution in [0.25, 0.3) is 5.69 Å². The second-order valence-corrected chi connectivity index (χ2v) is 8.48. The minimum atomic E-state index is 0.252. The van der Waals surface area contributed by atoms with E-state index >= 15 is 0 Å². The first-order valence-corrected chi connectivity index (χ1v) is 10.8. The van der Waals surface area contributed by atoms with Crippen molar-refractivity contribution in [1.82, 2.24) is 14.5 Å². The van der Waals surface area contributed by atoms with Gasteiger partial charge in [0.25, 0.3) is 0 Å². The molecule has 1 amide bonds. The number of thioether (sulfide) groups is 1. The molecule has 4 nitrogen and oxygen atoms in total. The van der Waals surface area contributed by atoms with Gasteiger partial charge in [0.05, 0.1) is 11.4 Å². The molecular weight excluding hydrogens is 342 g/mol. The quantitative estimate of drug-likeness (QED) is 0.762. The smallest absolute Gasteiger partial charge is 0.233 e. The maximum Gasteiger partial charge on any atom is 0.233 e. The van der Waals surface area contributed by atoms with Crippen molar-refractivity contribution in [3.8, 4) is 5.69 Å². The summed E-state index contributed by atoms with van der Waals surface area (Å²) in [5.74, 6) is 1.36. The Kier molecular flexibility index (Phi) is 5.34. The molecule has 4 rings (SSSR count). The standard InChI is InChI=1S/C21H27N3OS/c1-16-8-7-13-23(14-16)20(25)15-26-21-22-18-11-5-6-12-19(18)24(21)17-9-3-2-4-10-17/h2-4,9-10,16H,5-8,11-15H2,1H3. The second kappa shape index (κ2) is 7.87. The maximum atomic E-state index is 12.7. The summed E-state index contributed by atoms with van der Waals surface area (Å²) >= 11 is 1.60. The summed E-state index contributed by atoms with van der Waals surface area (Å²) < 4.78 is 2.28. The molecule has 1 atom stereocenters. The highest BCUT2D eigenvalue weighted by Gasteiger charge is 2.24. The van der Waals surface area contributed by atoms with Gasteiger partial charge in [-0.1, -0.05) is 36.9 Å². The molecule has 2 aromatic rings. The Labute approximate surface area is 160 Å². The lowest BCUT2D eigenvalue weighted by Crippen LogP contribution is -2.40. The predicted molar refractivity (Wildman–Crippen MR) is 106 cm³/mol. The van der Waals surface area contributed by atoms with E-state index in [0.29, 0.717) is 11.7 Å². The zero-order valence-electron chi connectivity index (χ0n) is 15.5. The SMILES string of the molecule is CC1CCCN(C(=O)CSc2nc3c(n2-c2ccccc2)CCCC3)C1. The van der Waals surface area contributed by atoms with Gasteiger partial charge in [0.15, 0.2) is 5.16 Å². The Morgan fingerprint density at radius 3 is 2.81 bits per heavy atom. The van der Waals surface area contributed by atoms with E-state index in [1.807, 2.05) is 11.0 Å². The molecule has 0 bridgehead atoms. The lowest BCUT2D eigenvalue weighted by molar-refractivity contribution is -0.130. The molecule has 1 aliphatic heterocycles. The van der Waals surface area contributed by atoms with Crippen molar-refractivity contribution in [2.24, 2.45) is 5.92 Å². The predicted octanol–water partition coefficient (Wildman–Crippen LogP) is 4.10. The number of nitrogens with zero attached hydrogens (tertiary/aromatic N) is 3. The number of likely N-dealkylation sites (tertiary alicyclic amines) is 1. The normalized spacial score (nSPS) is 20.0. The first kappa shape index (κ1) is 17.7. The first-order chi connectivity index (χ1) is 12.7. The highest BCUT2D eigenvalue weighted by Crippen LogP contribution is 2.31. The largest absolute Gasteiger partial charge is 0.342 e. The molecule has 1 saturated heterocycles. The summed E-state index contributed by atoms with van der Waals surface area (Å²) in [6.07, 6.45) is 6.94. The number of fused-ring (bicyclic) bond motifs is 1. The minimum absolute atomic E-state index is 0.252. The molecule has 1 aromatic carbocycles. The van der Waals surface area contributed by atoms with Gasteiger partial charge in [0, 0.05) is 24.5 Å². The van der Waals surface area contributed by atoms with Gasteiger partial charge in [0.1, 0.15) is 0 Å². The minimum Gasteiger partial charge on any atom is -0.342 e. The number of benzene rings is 1. The number of hydrogen-bond acceptors (Lipinski definition) is 3. The molecule has 138 valence electrons. The zero-order chi connectivity index (χ0) is 17.9. The molecule has 5 heteroatoms. The Morgan fingerprint density at radius 2 is 2.00 bits per heavy atom. The van der Waals surface area contributed by atoms with E-state index in [1.165, 1.54) is 30.7 Å². The van der Waals surface area contributed by atoms with Gasteiger partial charge in [-0.25, -0.2) is 4.98 Å². The van der Waals surface area contributed by atoms with E-state index in [4.69, 9.17) is 4.98 Å². The third-order valence-electron chi connectivity index (χ3n) is 5.45. The van der Waals surface area contributed by atoms with Gasteiger partial charge in [-0.15, -0.1) is 0 Å². The van der Waals surface area contributed by atoms with Crippen molar-refractivity contribution in [3.05, 3.63) is 41.7 Å². The summed E-state index contributed by atoms with van der Waals surface area (Å²) in [7, 11) is 0. The van der Waals surface area contributed by atoms with Crippen LogP contribution in [-0.4, -0.2) is 39.2 Å². The van der Waals surface area contributed by atoms with Crippen molar-refractivity contribution in [2.75, 3.05) is 18.8 Å². The molecule has 0 N–H and O–H groups in total. The number of piperidine rings is 1. The van der Waals surface area contributed by atoms with Gasteiger partial charge in [-0.2, -0.15) is 0 Å². The van der Waals surface area contributed by atoms with Gasteiger partial charge in [0.2, 0.25) is 5.91 Å². The van der Waals surface area contributed by atoms with Gasteiger partial charge in [-0.3, -0.25) is 9.36 Å². The Morgan fingerprint density at radius 1 is 1.19 bits per heavy atom. The average molecular weight is 370 g/mol. The Bertz CT molecular complexity index is 771. The summed E-state index contributed by atoms with van der Waals surface area (Å²) in [5, 5.41) is 0.974. The molecule has 1 aromatic heterocycles. The Hall–Kier alpha value is -1.75. The fraction of sp³-hybridized carbons (Fsp3) is 0.524. The van der Waals surface area contributed by atoms with Crippen LogP contribution in [0.2, 0.25) is 0 Å². The highest BCUT2D eigenvalue weighted by molar-refractivity contribution is 7.99. The topological polar surface area (TPSA) is 38.1 Å². The van der Waals surface area contributed by atoms with Crippen LogP contribution in [0.5, 0.6) is 0 Å². The molecule has 1 fully saturated rings. The summed E-state index contributed by atoms with van der Waals surface area (Å²) in [5.41, 5.74) is 3.72. The third kappa shape index (κ3) is 3.68. The van der Waals surface area contributed by atoms with E-state index in [2.05, 4.69) is 35.8 Å². The molecule has 0 spiro atoms. The number of carbonyl (C=O) groups excluding carboxylic acids is 1. The van der Waals surface area contributed by atoms with Crippen LogP contribution in [0.3, 0.4) is 0 Å². The third-order valence-corrected chi connectivity index (χ3v) is 6.37. The first-order valence-electron chi connectivity index (χ1n) is 9.79. The summed E-state index contributed by atoms with van der Waals surface area (Å²) in [6.45, 7) is 4.05. The van der Waals surface area contributed by atoms with E-state index in [9.17, 15) is 4.79 Å². The number of carbonyl (C=O) groups is 1. The van der Waals surface area contributed by atoms with Crippen molar-refractivity contribution >= 4 is 17.7 Å². The summed E-state index contributed by atoms with van der Waals surface area (Å²) in [4.78, 5) is 19.6. The second-order valence-electron chi connectivity index (χ2n) is 7.54. The van der Waals surface area contributed by atoms with Crippen LogP contribution in [0.15, 0.2) is 35.5 Å². The van der Waals surface area contributed by atoms with E-state index < -0.39 is 0 Å². The Balaban J connectivity index is 1.54. The van der Waals surface area contributed by atoms with Crippen LogP contribution in [0.1, 0.15) is 44.0 Å². The van der Waals surface area contributed by atoms with Gasteiger partial charge in [-0.05, 0) is 56.6 Å². The summed E-state index contributed by atoms with van der Waals surface area (Å²) in [6, 6.07) is 10.4. The van der Waals surface area contributed by atoms with Crippen LogP contribution in [-0.2, 0) is 17.6 Å². The van der Waals surface area contributed by atoms with E-state index in [0.717, 1.165) is 43.2 Å². The van der Waals surface area contributed by atoms with Gasteiger partial charge < -0.3 is 4.90 Å². The van der Waals surface area contributed by atoms with E-state index in [-0.39, 0.29) is 5.91 Å². The zero-order valence-corrected chi connectivity index (χ0v) is 16.3. The molecule has 2 heterocycles. The van der Waals surface area contributed by atoms with Crippen LogP contribution in [0, 0.1) is 5.92 Å². The number of hydrogen-bond donors (Lipinski definition) is 0. The maximum absolute atomic E-state index is 12.7. The molecular formula is C21H27N3OS. The molecule has 0 saturated carbocycles. The van der Waals surface area contributed by atoms with Gasteiger partial charge >= 0.3 is 0 Å². The molecule has 2 aliphatic rings. The number of para-hydroxylation sites is 1. The lowest BCUT2D eigenvalue weighted by atomic mass is 10.0. The van der Waals surface area contributed by atoms with Crippen molar-refractivity contribution in [1.29, 1.82) is 0 Å². The number of rotatable bonds is 4. The molecule has 1 aliphatic carbocycles. The van der Waals surface area contributed by atoms with Crippen molar-refractivity contribution in [2.45, 2.75) is 50.6 Å².